The number of hydrogen-bond donors (Lipinski definition) is 0. The molecule has 19 heavy (non-hydrogen) atoms. The molecule has 1 fully saturated rings. The van der Waals surface area contributed by atoms with Gasteiger partial charge in [0.05, 0.1) is 12.7 Å². The van der Waals surface area contributed by atoms with Crippen LogP contribution in [0.1, 0.15) is 38.5 Å². The number of para-hydroxylation sites is 1. The van der Waals surface area contributed by atoms with Crippen molar-refractivity contribution in [3.05, 3.63) is 30.3 Å². The first-order valence-corrected chi connectivity index (χ1v) is 8.54. The Morgan fingerprint density at radius 2 is 1.68 bits per heavy atom. The molecule has 0 heterocycles. The van der Waals surface area contributed by atoms with Crippen LogP contribution in [-0.2, 0) is 4.74 Å². The third kappa shape index (κ3) is 5.69. The number of halogens is 1. The summed E-state index contributed by atoms with van der Waals surface area (Å²) < 4.78 is 12.3. The van der Waals surface area contributed by atoms with Crippen LogP contribution < -0.4 is 4.74 Å². The Bertz CT molecular complexity index is 342. The molecule has 2 rings (SSSR count). The van der Waals surface area contributed by atoms with E-state index in [4.69, 9.17) is 9.47 Å². The fourth-order valence-corrected chi connectivity index (χ4v) is 3.48. The Morgan fingerprint density at radius 3 is 2.47 bits per heavy atom. The molecule has 0 amide bonds. The zero-order valence-electron chi connectivity index (χ0n) is 11.4. The van der Waals surface area contributed by atoms with E-state index in [1.165, 1.54) is 38.5 Å². The highest BCUT2D eigenvalue weighted by atomic mass is 127. The fourth-order valence-electron chi connectivity index (χ4n) is 2.47. The van der Waals surface area contributed by atoms with Gasteiger partial charge in [0.2, 0.25) is 0 Å². The number of rotatable bonds is 5. The van der Waals surface area contributed by atoms with E-state index in [1.807, 2.05) is 30.3 Å². The minimum absolute atomic E-state index is 0.417. The number of hydrogen-bond acceptors (Lipinski definition) is 2. The first-order valence-electron chi connectivity index (χ1n) is 7.30. The van der Waals surface area contributed by atoms with Gasteiger partial charge in [-0.25, -0.2) is 0 Å². The summed E-state index contributed by atoms with van der Waals surface area (Å²) >= 11 is 2.56. The largest absolute Gasteiger partial charge is 0.491 e. The minimum atomic E-state index is 0.417. The standard InChI is InChI=1S/C16H23IO2/c17-15-10-6-1-2-7-11-16(15)19-13-12-18-14-8-4-3-5-9-14/h3-5,8-9,15-16H,1-2,6-7,10-13H2. The second-order valence-electron chi connectivity index (χ2n) is 5.08. The zero-order chi connectivity index (χ0) is 13.3. The predicted octanol–water partition coefficient (Wildman–Crippen LogP) is 4.61. The van der Waals surface area contributed by atoms with Crippen LogP contribution >= 0.6 is 22.6 Å². The topological polar surface area (TPSA) is 18.5 Å². The van der Waals surface area contributed by atoms with Crippen molar-refractivity contribution in [3.63, 3.8) is 0 Å². The Labute approximate surface area is 130 Å². The van der Waals surface area contributed by atoms with Gasteiger partial charge >= 0.3 is 0 Å². The van der Waals surface area contributed by atoms with Crippen LogP contribution in [0.15, 0.2) is 30.3 Å². The summed E-state index contributed by atoms with van der Waals surface area (Å²) in [6.45, 7) is 1.34. The van der Waals surface area contributed by atoms with Crippen LogP contribution in [0.2, 0.25) is 0 Å². The van der Waals surface area contributed by atoms with Crippen LogP contribution in [0.25, 0.3) is 0 Å². The summed E-state index contributed by atoms with van der Waals surface area (Å²) in [6.07, 6.45) is 8.34. The molecule has 1 saturated carbocycles. The summed E-state index contributed by atoms with van der Waals surface area (Å²) in [5.74, 6) is 0.926. The van der Waals surface area contributed by atoms with Gasteiger partial charge < -0.3 is 9.47 Å². The average Bonchev–Trinajstić information content (AvgIpc) is 2.43. The quantitative estimate of drug-likeness (QED) is 0.426. The highest BCUT2D eigenvalue weighted by Crippen LogP contribution is 2.25. The molecule has 2 atom stereocenters. The van der Waals surface area contributed by atoms with Crippen molar-refractivity contribution >= 4 is 22.6 Å². The molecule has 1 aliphatic carbocycles. The molecule has 106 valence electrons. The van der Waals surface area contributed by atoms with Gasteiger partial charge in [-0.3, -0.25) is 0 Å². The lowest BCUT2D eigenvalue weighted by molar-refractivity contribution is 0.0254. The summed E-state index contributed by atoms with van der Waals surface area (Å²) in [5.41, 5.74) is 0. The van der Waals surface area contributed by atoms with Gasteiger partial charge in [0.15, 0.2) is 0 Å². The van der Waals surface area contributed by atoms with Crippen molar-refractivity contribution < 1.29 is 9.47 Å². The Kier molecular flexibility index (Phi) is 6.99. The van der Waals surface area contributed by atoms with E-state index in [2.05, 4.69) is 22.6 Å². The maximum Gasteiger partial charge on any atom is 0.119 e. The van der Waals surface area contributed by atoms with E-state index < -0.39 is 0 Å². The molecule has 1 aromatic rings. The molecule has 0 N–H and O–H groups in total. The molecule has 0 spiro atoms. The molecule has 2 unspecified atom stereocenters. The van der Waals surface area contributed by atoms with Crippen molar-refractivity contribution in [3.8, 4) is 5.75 Å². The van der Waals surface area contributed by atoms with E-state index in [1.54, 1.807) is 0 Å². The maximum absolute atomic E-state index is 6.02. The molecule has 0 aliphatic heterocycles. The van der Waals surface area contributed by atoms with Crippen LogP contribution in [0.3, 0.4) is 0 Å². The molecule has 0 bridgehead atoms. The lowest BCUT2D eigenvalue weighted by Gasteiger charge is -2.25. The predicted molar refractivity (Wildman–Crippen MR) is 87.2 cm³/mol. The Hall–Kier alpha value is -0.290. The van der Waals surface area contributed by atoms with Crippen LogP contribution in [0.4, 0.5) is 0 Å². The molecule has 0 radical (unpaired) electrons. The van der Waals surface area contributed by atoms with Crippen LogP contribution in [0.5, 0.6) is 5.75 Å². The van der Waals surface area contributed by atoms with E-state index in [0.717, 1.165) is 5.75 Å². The van der Waals surface area contributed by atoms with Gasteiger partial charge in [-0.05, 0) is 25.0 Å². The van der Waals surface area contributed by atoms with Gasteiger partial charge in [-0.1, -0.05) is 66.5 Å². The van der Waals surface area contributed by atoms with E-state index in [9.17, 15) is 0 Å². The average molecular weight is 374 g/mol. The van der Waals surface area contributed by atoms with Crippen LogP contribution in [0, 0.1) is 0 Å². The van der Waals surface area contributed by atoms with Crippen molar-refractivity contribution in [1.29, 1.82) is 0 Å². The zero-order valence-corrected chi connectivity index (χ0v) is 13.6. The van der Waals surface area contributed by atoms with Crippen molar-refractivity contribution in [2.75, 3.05) is 13.2 Å². The molecule has 1 aromatic carbocycles. The van der Waals surface area contributed by atoms with E-state index in [0.29, 0.717) is 23.2 Å². The lowest BCUT2D eigenvalue weighted by Crippen LogP contribution is -2.27. The molecular weight excluding hydrogens is 351 g/mol. The molecular formula is C16H23IO2. The Morgan fingerprint density at radius 1 is 0.947 bits per heavy atom. The third-order valence-electron chi connectivity index (χ3n) is 3.55. The van der Waals surface area contributed by atoms with Gasteiger partial charge in [0.1, 0.15) is 12.4 Å². The third-order valence-corrected chi connectivity index (χ3v) is 4.97. The lowest BCUT2D eigenvalue weighted by atomic mass is 9.98. The highest BCUT2D eigenvalue weighted by Gasteiger charge is 2.20. The summed E-state index contributed by atoms with van der Waals surface area (Å²) in [6, 6.07) is 9.95. The number of benzene rings is 1. The maximum atomic E-state index is 6.02. The van der Waals surface area contributed by atoms with E-state index >= 15 is 0 Å². The van der Waals surface area contributed by atoms with Crippen molar-refractivity contribution in [2.45, 2.75) is 48.6 Å². The van der Waals surface area contributed by atoms with E-state index in [-0.39, 0.29) is 0 Å². The molecule has 1 aliphatic rings. The molecule has 3 heteroatoms. The van der Waals surface area contributed by atoms with Gasteiger partial charge in [0, 0.05) is 3.92 Å². The van der Waals surface area contributed by atoms with Gasteiger partial charge in [0.25, 0.3) is 0 Å². The first-order chi connectivity index (χ1) is 9.36. The normalized spacial score (nSPS) is 24.5. The first kappa shape index (κ1) is 15.1. The number of ether oxygens (including phenoxy) is 2. The summed E-state index contributed by atoms with van der Waals surface area (Å²) in [4.78, 5) is 0. The SMILES string of the molecule is IC1CCCCCCC1OCCOc1ccccc1. The smallest absolute Gasteiger partial charge is 0.119 e. The second kappa shape index (κ2) is 8.80. The molecule has 0 aromatic heterocycles. The number of alkyl halides is 1. The van der Waals surface area contributed by atoms with Crippen molar-refractivity contribution in [1.82, 2.24) is 0 Å². The van der Waals surface area contributed by atoms with Gasteiger partial charge in [-0.2, -0.15) is 0 Å². The minimum Gasteiger partial charge on any atom is -0.491 e. The monoisotopic (exact) mass is 374 g/mol. The summed E-state index contributed by atoms with van der Waals surface area (Å²) in [7, 11) is 0. The Balaban J connectivity index is 1.66. The highest BCUT2D eigenvalue weighted by molar-refractivity contribution is 14.1. The molecule has 2 nitrogen and oxygen atoms in total. The summed E-state index contributed by atoms with van der Waals surface area (Å²) in [5, 5.41) is 0. The fraction of sp³-hybridized carbons (Fsp3) is 0.625. The van der Waals surface area contributed by atoms with Crippen LogP contribution in [-0.4, -0.2) is 23.2 Å². The van der Waals surface area contributed by atoms with Crippen molar-refractivity contribution in [2.24, 2.45) is 0 Å². The van der Waals surface area contributed by atoms with Gasteiger partial charge in [-0.15, -0.1) is 0 Å². The second-order valence-corrected chi connectivity index (χ2v) is 6.68. The molecule has 0 saturated heterocycles.